The quantitative estimate of drug-likeness (QED) is 0.905. The normalized spacial score (nSPS) is 23.6. The van der Waals surface area contributed by atoms with E-state index < -0.39 is 0 Å². The minimum atomic E-state index is 0.285. The molecule has 3 rings (SSSR count). The zero-order chi connectivity index (χ0) is 15.4. The van der Waals surface area contributed by atoms with Gasteiger partial charge in [-0.15, -0.1) is 0 Å². The van der Waals surface area contributed by atoms with Gasteiger partial charge in [-0.3, -0.25) is 0 Å². The van der Waals surface area contributed by atoms with E-state index in [0.717, 1.165) is 56.4 Å². The highest BCUT2D eigenvalue weighted by Crippen LogP contribution is 2.35. The van der Waals surface area contributed by atoms with Gasteiger partial charge in [0.1, 0.15) is 6.10 Å². The highest BCUT2D eigenvalue weighted by molar-refractivity contribution is 5.47. The number of methoxy groups -OCH3 is 1. The van der Waals surface area contributed by atoms with Crippen LogP contribution in [-0.2, 0) is 6.42 Å². The number of hydrogen-bond acceptors (Lipinski definition) is 4. The van der Waals surface area contributed by atoms with E-state index in [1.54, 1.807) is 7.11 Å². The lowest BCUT2D eigenvalue weighted by Gasteiger charge is -2.24. The van der Waals surface area contributed by atoms with Crippen LogP contribution in [0.25, 0.3) is 0 Å². The maximum Gasteiger partial charge on any atom is 0.163 e. The summed E-state index contributed by atoms with van der Waals surface area (Å²) >= 11 is 0. The summed E-state index contributed by atoms with van der Waals surface area (Å²) in [5.41, 5.74) is 1.29. The Balaban J connectivity index is 1.71. The summed E-state index contributed by atoms with van der Waals surface area (Å²) in [6.45, 7) is 4.39. The number of rotatable bonds is 5. The molecule has 0 amide bonds. The lowest BCUT2D eigenvalue weighted by atomic mass is 9.90. The van der Waals surface area contributed by atoms with Gasteiger partial charge >= 0.3 is 0 Å². The van der Waals surface area contributed by atoms with E-state index in [1.165, 1.54) is 18.4 Å². The summed E-state index contributed by atoms with van der Waals surface area (Å²) in [6.07, 6.45) is 4.97. The van der Waals surface area contributed by atoms with E-state index in [-0.39, 0.29) is 6.10 Å². The fourth-order valence-corrected chi connectivity index (χ4v) is 3.61. The van der Waals surface area contributed by atoms with Crippen molar-refractivity contribution in [1.29, 1.82) is 0 Å². The second-order valence-corrected chi connectivity index (χ2v) is 6.64. The van der Waals surface area contributed by atoms with E-state index in [9.17, 15) is 0 Å². The van der Waals surface area contributed by atoms with Crippen LogP contribution in [0.1, 0.15) is 24.8 Å². The lowest BCUT2D eigenvalue weighted by molar-refractivity contribution is 0.199. The van der Waals surface area contributed by atoms with E-state index in [0.29, 0.717) is 0 Å². The standard InChI is InChI=1S/C18H28N2O2/c1-20-11-8-16(13-20)22-17-5-3-4-15(18(17)21-2)12-14-6-9-19-10-7-14/h3-5,14,16,19H,6-13H2,1-2H3. The summed E-state index contributed by atoms with van der Waals surface area (Å²) in [5.74, 6) is 2.60. The molecular weight excluding hydrogens is 276 g/mol. The Hall–Kier alpha value is -1.26. The predicted molar refractivity (Wildman–Crippen MR) is 88.8 cm³/mol. The van der Waals surface area contributed by atoms with Gasteiger partial charge in [0.05, 0.1) is 7.11 Å². The Kier molecular flexibility index (Phi) is 5.21. The number of piperidine rings is 1. The fourth-order valence-electron chi connectivity index (χ4n) is 3.61. The Morgan fingerprint density at radius 2 is 2.05 bits per heavy atom. The van der Waals surface area contributed by atoms with Gasteiger partial charge in [0, 0.05) is 13.1 Å². The van der Waals surface area contributed by atoms with Gasteiger partial charge < -0.3 is 19.7 Å². The van der Waals surface area contributed by atoms with Crippen LogP contribution in [0.2, 0.25) is 0 Å². The first-order valence-electron chi connectivity index (χ1n) is 8.48. The Labute approximate surface area is 133 Å². The number of nitrogens with zero attached hydrogens (tertiary/aromatic N) is 1. The molecule has 1 unspecified atom stereocenters. The first-order chi connectivity index (χ1) is 10.8. The number of hydrogen-bond donors (Lipinski definition) is 1. The molecule has 1 N–H and O–H groups in total. The zero-order valence-corrected chi connectivity index (χ0v) is 13.8. The molecular formula is C18H28N2O2. The monoisotopic (exact) mass is 304 g/mol. The molecule has 0 bridgehead atoms. The molecule has 0 aromatic heterocycles. The van der Waals surface area contributed by atoms with E-state index >= 15 is 0 Å². The van der Waals surface area contributed by atoms with Crippen molar-refractivity contribution in [2.24, 2.45) is 5.92 Å². The molecule has 2 aliphatic rings. The third-order valence-corrected chi connectivity index (χ3v) is 4.87. The largest absolute Gasteiger partial charge is 0.493 e. The molecule has 2 heterocycles. The lowest BCUT2D eigenvalue weighted by Crippen LogP contribution is -2.28. The molecule has 2 aliphatic heterocycles. The van der Waals surface area contributed by atoms with Crippen LogP contribution in [-0.4, -0.2) is 51.3 Å². The van der Waals surface area contributed by atoms with Crippen molar-refractivity contribution in [3.05, 3.63) is 23.8 Å². The third-order valence-electron chi connectivity index (χ3n) is 4.87. The second kappa shape index (κ2) is 7.34. The van der Waals surface area contributed by atoms with Crippen LogP contribution < -0.4 is 14.8 Å². The molecule has 4 nitrogen and oxygen atoms in total. The Bertz CT molecular complexity index is 461. The molecule has 22 heavy (non-hydrogen) atoms. The van der Waals surface area contributed by atoms with Crippen LogP contribution in [0, 0.1) is 5.92 Å². The third kappa shape index (κ3) is 3.73. The molecule has 0 spiro atoms. The van der Waals surface area contributed by atoms with Gasteiger partial charge in [-0.25, -0.2) is 0 Å². The number of para-hydroxylation sites is 1. The minimum Gasteiger partial charge on any atom is -0.493 e. The van der Waals surface area contributed by atoms with Crippen LogP contribution in [0.3, 0.4) is 0 Å². The molecule has 4 heteroatoms. The maximum absolute atomic E-state index is 6.22. The van der Waals surface area contributed by atoms with Gasteiger partial charge in [0.2, 0.25) is 0 Å². The smallest absolute Gasteiger partial charge is 0.163 e. The van der Waals surface area contributed by atoms with Crippen molar-refractivity contribution in [2.75, 3.05) is 40.3 Å². The summed E-state index contributed by atoms with van der Waals surface area (Å²) in [4.78, 5) is 2.32. The minimum absolute atomic E-state index is 0.285. The molecule has 0 radical (unpaired) electrons. The predicted octanol–water partition coefficient (Wildman–Crippen LogP) is 2.32. The van der Waals surface area contributed by atoms with Crippen LogP contribution >= 0.6 is 0 Å². The highest BCUT2D eigenvalue weighted by Gasteiger charge is 2.23. The van der Waals surface area contributed by atoms with Gasteiger partial charge in [-0.1, -0.05) is 12.1 Å². The van der Waals surface area contributed by atoms with E-state index in [4.69, 9.17) is 9.47 Å². The number of likely N-dealkylation sites (tertiary alicyclic amines) is 1. The summed E-state index contributed by atoms with van der Waals surface area (Å²) in [5, 5.41) is 3.43. The van der Waals surface area contributed by atoms with Gasteiger partial charge in [-0.2, -0.15) is 0 Å². The topological polar surface area (TPSA) is 33.7 Å². The Morgan fingerprint density at radius 1 is 1.23 bits per heavy atom. The molecule has 122 valence electrons. The number of benzene rings is 1. The number of ether oxygens (including phenoxy) is 2. The Morgan fingerprint density at radius 3 is 2.73 bits per heavy atom. The van der Waals surface area contributed by atoms with E-state index in [1.807, 2.05) is 6.07 Å². The van der Waals surface area contributed by atoms with Crippen molar-refractivity contribution < 1.29 is 9.47 Å². The van der Waals surface area contributed by atoms with Crippen molar-refractivity contribution in [3.8, 4) is 11.5 Å². The average molecular weight is 304 g/mol. The molecule has 0 saturated carbocycles. The zero-order valence-electron chi connectivity index (χ0n) is 13.8. The molecule has 2 fully saturated rings. The molecule has 0 aliphatic carbocycles. The van der Waals surface area contributed by atoms with Gasteiger partial charge in [0.15, 0.2) is 11.5 Å². The van der Waals surface area contributed by atoms with Gasteiger partial charge in [-0.05, 0) is 63.4 Å². The fraction of sp³-hybridized carbons (Fsp3) is 0.667. The molecule has 2 saturated heterocycles. The van der Waals surface area contributed by atoms with Crippen LogP contribution in [0.15, 0.2) is 18.2 Å². The van der Waals surface area contributed by atoms with Crippen LogP contribution in [0.5, 0.6) is 11.5 Å². The SMILES string of the molecule is COc1c(CC2CCNCC2)cccc1OC1CCN(C)C1. The first kappa shape index (κ1) is 15.6. The summed E-state index contributed by atoms with van der Waals surface area (Å²) in [6, 6.07) is 6.34. The van der Waals surface area contributed by atoms with Crippen molar-refractivity contribution in [2.45, 2.75) is 31.8 Å². The highest BCUT2D eigenvalue weighted by atomic mass is 16.5. The van der Waals surface area contributed by atoms with E-state index in [2.05, 4.69) is 29.4 Å². The summed E-state index contributed by atoms with van der Waals surface area (Å²) in [7, 11) is 3.91. The van der Waals surface area contributed by atoms with Crippen molar-refractivity contribution in [1.82, 2.24) is 10.2 Å². The molecule has 1 atom stereocenters. The average Bonchev–Trinajstić information content (AvgIpc) is 2.94. The van der Waals surface area contributed by atoms with Crippen molar-refractivity contribution >= 4 is 0 Å². The van der Waals surface area contributed by atoms with Gasteiger partial charge in [0.25, 0.3) is 0 Å². The second-order valence-electron chi connectivity index (χ2n) is 6.64. The molecule has 1 aromatic rings. The van der Waals surface area contributed by atoms with Crippen LogP contribution in [0.4, 0.5) is 0 Å². The summed E-state index contributed by atoms with van der Waals surface area (Å²) < 4.78 is 11.9. The molecule has 1 aromatic carbocycles. The first-order valence-corrected chi connectivity index (χ1v) is 8.48. The van der Waals surface area contributed by atoms with Crippen molar-refractivity contribution in [3.63, 3.8) is 0 Å². The number of likely N-dealkylation sites (N-methyl/N-ethyl adjacent to an activating group) is 1. The number of nitrogens with one attached hydrogen (secondary N) is 1. The maximum atomic E-state index is 6.22.